The molecule has 6 rings (SSSR count). The van der Waals surface area contributed by atoms with Crippen LogP contribution in [0.3, 0.4) is 0 Å². The molecule has 4 bridgehead atoms. The van der Waals surface area contributed by atoms with Crippen LogP contribution in [0.4, 0.5) is 0 Å². The quantitative estimate of drug-likeness (QED) is 0.363. The van der Waals surface area contributed by atoms with Crippen LogP contribution in [0.15, 0.2) is 24.3 Å². The number of hydrogen-bond acceptors (Lipinski definition) is 5. The maximum Gasteiger partial charge on any atom is 0.326 e. The number of aliphatic carboxylic acids is 1. The van der Waals surface area contributed by atoms with Crippen molar-refractivity contribution in [2.45, 2.75) is 38.1 Å². The molecule has 0 aromatic heterocycles. The molecular weight excluding hydrogens is 412 g/mol. The van der Waals surface area contributed by atoms with Crippen LogP contribution in [0.25, 0.3) is 0 Å². The maximum absolute atomic E-state index is 12.9. The lowest BCUT2D eigenvalue weighted by Crippen LogP contribution is -2.46. The van der Waals surface area contributed by atoms with Gasteiger partial charge in [-0.15, -0.1) is 0 Å². The third-order valence-electron chi connectivity index (χ3n) is 8.77. The second-order valence-electron chi connectivity index (χ2n) is 10.2. The third kappa shape index (κ3) is 2.52. The molecule has 2 heterocycles. The molecule has 4 amide bonds. The lowest BCUT2D eigenvalue weighted by atomic mass is 9.85. The van der Waals surface area contributed by atoms with Crippen molar-refractivity contribution in [3.8, 4) is 0 Å². The van der Waals surface area contributed by atoms with Gasteiger partial charge >= 0.3 is 5.97 Å². The van der Waals surface area contributed by atoms with Gasteiger partial charge in [-0.25, -0.2) is 4.79 Å². The van der Waals surface area contributed by atoms with Gasteiger partial charge in [-0.05, 0) is 55.8 Å². The highest BCUT2D eigenvalue weighted by Gasteiger charge is 2.61. The summed E-state index contributed by atoms with van der Waals surface area (Å²) in [5.74, 6) is -2.98. The number of carboxylic acids is 1. The number of rotatable bonds is 7. The van der Waals surface area contributed by atoms with E-state index in [1.54, 1.807) is 0 Å². The molecular formula is C24H26N2O6. The van der Waals surface area contributed by atoms with Crippen molar-refractivity contribution in [3.63, 3.8) is 0 Å². The van der Waals surface area contributed by atoms with Gasteiger partial charge in [-0.2, -0.15) is 0 Å². The SMILES string of the molecule is O=C(O)[C@H](CCCCN1C(=O)[C@H]2[C@H](C1=O)[C@H]1C=C[C@@H]2C1)N1C(=O)[C@@H]2[C@H](C1=O)[C@H]1C=C[C@H]2C1. The van der Waals surface area contributed by atoms with E-state index >= 15 is 0 Å². The fourth-order valence-corrected chi connectivity index (χ4v) is 7.39. The number of carbonyl (C=O) groups is 5. The average Bonchev–Trinajstić information content (AvgIpc) is 3.58. The first-order valence-electron chi connectivity index (χ1n) is 11.7. The molecule has 4 aliphatic carbocycles. The fraction of sp³-hybridized carbons (Fsp3) is 0.625. The molecule has 2 saturated heterocycles. The largest absolute Gasteiger partial charge is 0.480 e. The number of carbonyl (C=O) groups excluding carboxylic acids is 4. The number of likely N-dealkylation sites (tertiary alicyclic amines) is 2. The number of fused-ring (bicyclic) bond motifs is 10. The van der Waals surface area contributed by atoms with Gasteiger partial charge in [0.15, 0.2) is 0 Å². The number of amides is 4. The Balaban J connectivity index is 1.08. The molecule has 0 radical (unpaired) electrons. The summed E-state index contributed by atoms with van der Waals surface area (Å²) in [5.41, 5.74) is 0. The predicted molar refractivity (Wildman–Crippen MR) is 109 cm³/mol. The van der Waals surface area contributed by atoms with Gasteiger partial charge in [-0.3, -0.25) is 29.0 Å². The lowest BCUT2D eigenvalue weighted by Gasteiger charge is -2.25. The van der Waals surface area contributed by atoms with Crippen LogP contribution in [-0.4, -0.2) is 57.1 Å². The van der Waals surface area contributed by atoms with Gasteiger partial charge in [0.2, 0.25) is 23.6 Å². The number of allylic oxidation sites excluding steroid dienone is 4. The molecule has 0 aromatic carbocycles. The van der Waals surface area contributed by atoms with Crippen LogP contribution in [0.2, 0.25) is 0 Å². The number of hydrogen-bond donors (Lipinski definition) is 1. The Morgan fingerprint density at radius 1 is 0.781 bits per heavy atom. The Morgan fingerprint density at radius 2 is 1.22 bits per heavy atom. The summed E-state index contributed by atoms with van der Waals surface area (Å²) in [6.45, 7) is 0.262. The molecule has 9 atom stereocenters. The first-order valence-corrected chi connectivity index (χ1v) is 11.7. The summed E-state index contributed by atoms with van der Waals surface area (Å²) in [5, 5.41) is 9.76. The number of imide groups is 2. The van der Waals surface area contributed by atoms with Gasteiger partial charge in [0.25, 0.3) is 0 Å². The average molecular weight is 438 g/mol. The zero-order valence-electron chi connectivity index (χ0n) is 17.6. The Hall–Kier alpha value is -2.77. The zero-order valence-corrected chi connectivity index (χ0v) is 17.6. The number of nitrogens with zero attached hydrogens (tertiary/aromatic N) is 2. The zero-order chi connectivity index (χ0) is 22.3. The Kier molecular flexibility index (Phi) is 4.26. The van der Waals surface area contributed by atoms with Crippen molar-refractivity contribution in [1.29, 1.82) is 0 Å². The standard InChI is InChI=1S/C24H26N2O6/c27-20-16-11-4-5-12(9-11)17(16)21(28)25(20)8-2-1-3-15(24(31)32)26-22(29)18-13-6-7-14(10-13)19(18)23(26)30/h4-7,11-19H,1-3,8-10H2,(H,31,32)/t11-,12+,13-,14-,15-,16+,17+,18-,19+/m0/s1. The number of carboxylic acid groups (broad SMARTS) is 1. The van der Waals surface area contributed by atoms with Crippen molar-refractivity contribution in [2.24, 2.45) is 47.3 Å². The van der Waals surface area contributed by atoms with Crippen molar-refractivity contribution in [3.05, 3.63) is 24.3 Å². The second kappa shape index (κ2) is 6.86. The first-order chi connectivity index (χ1) is 15.4. The van der Waals surface area contributed by atoms with Crippen LogP contribution >= 0.6 is 0 Å². The molecule has 1 N–H and O–H groups in total. The van der Waals surface area contributed by atoms with Crippen LogP contribution < -0.4 is 0 Å². The molecule has 32 heavy (non-hydrogen) atoms. The minimum atomic E-state index is -1.19. The molecule has 4 fully saturated rings. The van der Waals surface area contributed by atoms with Gasteiger partial charge in [0.05, 0.1) is 23.7 Å². The smallest absolute Gasteiger partial charge is 0.326 e. The summed E-state index contributed by atoms with van der Waals surface area (Å²) >= 11 is 0. The molecule has 0 unspecified atom stereocenters. The second-order valence-corrected chi connectivity index (χ2v) is 10.2. The Bertz CT molecular complexity index is 940. The van der Waals surface area contributed by atoms with E-state index in [0.717, 1.165) is 17.7 Å². The molecule has 0 aromatic rings. The van der Waals surface area contributed by atoms with E-state index in [0.29, 0.717) is 12.8 Å². The monoisotopic (exact) mass is 438 g/mol. The molecule has 8 heteroatoms. The van der Waals surface area contributed by atoms with E-state index in [1.165, 1.54) is 4.90 Å². The van der Waals surface area contributed by atoms with Crippen LogP contribution in [0, 0.1) is 47.3 Å². The van der Waals surface area contributed by atoms with Crippen molar-refractivity contribution in [1.82, 2.24) is 9.80 Å². The van der Waals surface area contributed by atoms with Gasteiger partial charge in [0, 0.05) is 6.54 Å². The highest BCUT2D eigenvalue weighted by molar-refractivity contribution is 6.09. The van der Waals surface area contributed by atoms with E-state index < -0.39 is 23.8 Å². The van der Waals surface area contributed by atoms with Gasteiger partial charge in [0.1, 0.15) is 6.04 Å². The minimum absolute atomic E-state index is 0.0392. The topological polar surface area (TPSA) is 112 Å². The van der Waals surface area contributed by atoms with Crippen molar-refractivity contribution >= 4 is 29.6 Å². The van der Waals surface area contributed by atoms with E-state index in [9.17, 15) is 29.1 Å². The van der Waals surface area contributed by atoms with Crippen molar-refractivity contribution in [2.75, 3.05) is 6.54 Å². The Morgan fingerprint density at radius 3 is 1.66 bits per heavy atom. The summed E-state index contributed by atoms with van der Waals surface area (Å²) < 4.78 is 0. The molecule has 8 nitrogen and oxygen atoms in total. The summed E-state index contributed by atoms with van der Waals surface area (Å²) in [7, 11) is 0. The normalized spacial score (nSPS) is 41.4. The fourth-order valence-electron chi connectivity index (χ4n) is 7.39. The summed E-state index contributed by atoms with van der Waals surface area (Å²) in [4.78, 5) is 65.7. The Labute approximate surface area is 185 Å². The van der Waals surface area contributed by atoms with E-state index in [4.69, 9.17) is 0 Å². The van der Waals surface area contributed by atoms with Crippen LogP contribution in [0.1, 0.15) is 32.1 Å². The molecule has 2 aliphatic heterocycles. The van der Waals surface area contributed by atoms with Crippen molar-refractivity contribution < 1.29 is 29.1 Å². The van der Waals surface area contributed by atoms with E-state index in [2.05, 4.69) is 12.2 Å². The molecule has 2 saturated carbocycles. The first kappa shape index (κ1) is 19.9. The molecule has 6 aliphatic rings. The predicted octanol–water partition coefficient (Wildman–Crippen LogP) is 1.22. The highest BCUT2D eigenvalue weighted by atomic mass is 16.4. The molecule has 0 spiro atoms. The van der Waals surface area contributed by atoms with Crippen LogP contribution in [0.5, 0.6) is 0 Å². The summed E-state index contributed by atoms with van der Waals surface area (Å²) in [6, 6.07) is -1.19. The highest BCUT2D eigenvalue weighted by Crippen LogP contribution is 2.54. The maximum atomic E-state index is 12.9. The summed E-state index contributed by atoms with van der Waals surface area (Å²) in [6.07, 6.45) is 10.8. The van der Waals surface area contributed by atoms with Gasteiger partial charge < -0.3 is 5.11 Å². The van der Waals surface area contributed by atoms with Crippen LogP contribution in [-0.2, 0) is 24.0 Å². The van der Waals surface area contributed by atoms with E-state index in [1.807, 2.05) is 12.2 Å². The molecule has 168 valence electrons. The number of unbranched alkanes of at least 4 members (excludes halogenated alkanes) is 1. The van der Waals surface area contributed by atoms with E-state index in [-0.39, 0.29) is 72.1 Å². The van der Waals surface area contributed by atoms with Gasteiger partial charge in [-0.1, -0.05) is 24.3 Å². The lowest BCUT2D eigenvalue weighted by molar-refractivity contribution is -0.155. The third-order valence-corrected chi connectivity index (χ3v) is 8.77. The minimum Gasteiger partial charge on any atom is -0.480 e.